The summed E-state index contributed by atoms with van der Waals surface area (Å²) >= 11 is 3.51. The molecule has 0 unspecified atom stereocenters. The second-order valence-electron chi connectivity index (χ2n) is 8.25. The highest BCUT2D eigenvalue weighted by molar-refractivity contribution is 9.10. The first-order valence-corrected chi connectivity index (χ1v) is 10.5. The van der Waals surface area contributed by atoms with E-state index in [1.165, 1.54) is 5.56 Å². The van der Waals surface area contributed by atoms with Crippen LogP contribution in [-0.4, -0.2) is 30.9 Å². The Morgan fingerprint density at radius 3 is 2.31 bits per heavy atom. The molecule has 1 N–H and O–H groups in total. The lowest BCUT2D eigenvalue weighted by Crippen LogP contribution is -2.49. The molecule has 5 heteroatoms. The molecule has 0 spiro atoms. The first-order chi connectivity index (χ1) is 12.5. The standard InChI is InChI=1S/C21H26BrNO3/c22-16-5-3-15(4-6-16)20-7-10-21(11-8-20,12-9-20)18(24)14-26-19(25)17-2-1-13-23-17/h3-6,17,23H,1-2,7-14H2/t17-,20?,21?/m0/s1. The molecule has 1 aromatic rings. The predicted octanol–water partition coefficient (Wildman–Crippen LogP) is 3.91. The van der Waals surface area contributed by atoms with Crippen molar-refractivity contribution in [2.75, 3.05) is 13.2 Å². The molecule has 4 aliphatic rings. The number of ether oxygens (including phenoxy) is 1. The van der Waals surface area contributed by atoms with Crippen molar-refractivity contribution in [3.05, 3.63) is 34.3 Å². The molecule has 5 rings (SSSR count). The number of rotatable bonds is 5. The van der Waals surface area contributed by atoms with Gasteiger partial charge in [0.2, 0.25) is 0 Å². The van der Waals surface area contributed by atoms with E-state index in [-0.39, 0.29) is 35.2 Å². The van der Waals surface area contributed by atoms with E-state index in [0.717, 1.165) is 62.4 Å². The molecule has 0 amide bonds. The summed E-state index contributed by atoms with van der Waals surface area (Å²) in [6.07, 6.45) is 7.72. The monoisotopic (exact) mass is 419 g/mol. The molecule has 1 aromatic carbocycles. The largest absolute Gasteiger partial charge is 0.456 e. The van der Waals surface area contributed by atoms with Crippen molar-refractivity contribution in [2.24, 2.45) is 5.41 Å². The van der Waals surface area contributed by atoms with Crippen LogP contribution in [0.25, 0.3) is 0 Å². The van der Waals surface area contributed by atoms with Gasteiger partial charge in [0.1, 0.15) is 6.04 Å². The number of ketones is 1. The molecule has 3 aliphatic carbocycles. The van der Waals surface area contributed by atoms with Gasteiger partial charge in [-0.2, -0.15) is 0 Å². The Bertz CT molecular complexity index is 669. The Kier molecular flexibility index (Phi) is 4.95. The van der Waals surface area contributed by atoms with E-state index in [4.69, 9.17) is 4.74 Å². The zero-order chi connectivity index (χ0) is 18.2. The number of nitrogens with one attached hydrogen (secondary N) is 1. The van der Waals surface area contributed by atoms with E-state index in [0.29, 0.717) is 0 Å². The average molecular weight is 420 g/mol. The SMILES string of the molecule is O=C(OCC(=O)C12CCC(c3ccc(Br)cc3)(CC1)CC2)[C@@H]1CCCN1. The van der Waals surface area contributed by atoms with Crippen molar-refractivity contribution >= 4 is 27.7 Å². The van der Waals surface area contributed by atoms with Gasteiger partial charge in [0.25, 0.3) is 0 Å². The Labute approximate surface area is 163 Å². The van der Waals surface area contributed by atoms with Gasteiger partial charge in [-0.1, -0.05) is 28.1 Å². The lowest BCUT2D eigenvalue weighted by molar-refractivity contribution is -0.155. The summed E-state index contributed by atoms with van der Waals surface area (Å²) in [6.45, 7) is 0.804. The summed E-state index contributed by atoms with van der Waals surface area (Å²) < 4.78 is 6.46. The summed E-state index contributed by atoms with van der Waals surface area (Å²) in [5.41, 5.74) is 1.37. The fraction of sp³-hybridized carbons (Fsp3) is 0.619. The molecule has 0 aromatic heterocycles. The number of halogens is 1. The number of carbonyl (C=O) groups is 2. The van der Waals surface area contributed by atoms with Crippen molar-refractivity contribution in [1.82, 2.24) is 5.32 Å². The van der Waals surface area contributed by atoms with Crippen LogP contribution >= 0.6 is 15.9 Å². The highest BCUT2D eigenvalue weighted by Gasteiger charge is 2.52. The molecule has 0 radical (unpaired) electrons. The molecular weight excluding hydrogens is 394 g/mol. The van der Waals surface area contributed by atoms with Gasteiger partial charge in [-0.15, -0.1) is 0 Å². The Balaban J connectivity index is 1.37. The van der Waals surface area contributed by atoms with Crippen molar-refractivity contribution in [3.8, 4) is 0 Å². The smallest absolute Gasteiger partial charge is 0.323 e. The highest BCUT2D eigenvalue weighted by atomic mass is 79.9. The quantitative estimate of drug-likeness (QED) is 0.735. The normalized spacial score (nSPS) is 33.2. The Morgan fingerprint density at radius 1 is 1.08 bits per heavy atom. The average Bonchev–Trinajstić information content (AvgIpc) is 3.22. The fourth-order valence-electron chi connectivity index (χ4n) is 5.12. The van der Waals surface area contributed by atoms with Gasteiger partial charge >= 0.3 is 5.97 Å². The zero-order valence-electron chi connectivity index (χ0n) is 15.1. The lowest BCUT2D eigenvalue weighted by atomic mass is 9.51. The van der Waals surface area contributed by atoms with E-state index in [1.807, 2.05) is 0 Å². The Hall–Kier alpha value is -1.20. The van der Waals surface area contributed by atoms with Gasteiger partial charge in [-0.05, 0) is 81.0 Å². The van der Waals surface area contributed by atoms with Gasteiger partial charge in [-0.25, -0.2) is 0 Å². The van der Waals surface area contributed by atoms with Crippen LogP contribution in [0.15, 0.2) is 28.7 Å². The van der Waals surface area contributed by atoms with Crippen molar-refractivity contribution in [1.29, 1.82) is 0 Å². The summed E-state index contributed by atoms with van der Waals surface area (Å²) in [5, 5.41) is 3.13. The van der Waals surface area contributed by atoms with E-state index in [2.05, 4.69) is 45.5 Å². The van der Waals surface area contributed by atoms with Crippen LogP contribution in [0, 0.1) is 5.41 Å². The van der Waals surface area contributed by atoms with Crippen LogP contribution in [-0.2, 0) is 19.7 Å². The number of carbonyl (C=O) groups excluding carboxylic acids is 2. The number of benzene rings is 1. The topological polar surface area (TPSA) is 55.4 Å². The molecule has 3 saturated carbocycles. The summed E-state index contributed by atoms with van der Waals surface area (Å²) in [4.78, 5) is 24.9. The summed E-state index contributed by atoms with van der Waals surface area (Å²) in [6, 6.07) is 8.45. The van der Waals surface area contributed by atoms with Gasteiger partial charge in [-0.3, -0.25) is 9.59 Å². The maximum absolute atomic E-state index is 12.9. The van der Waals surface area contributed by atoms with Crippen molar-refractivity contribution in [3.63, 3.8) is 0 Å². The molecule has 2 bridgehead atoms. The fourth-order valence-corrected chi connectivity index (χ4v) is 5.38. The minimum Gasteiger partial charge on any atom is -0.456 e. The van der Waals surface area contributed by atoms with Crippen LogP contribution in [0.1, 0.15) is 56.9 Å². The van der Waals surface area contributed by atoms with Crippen LogP contribution in [0.2, 0.25) is 0 Å². The van der Waals surface area contributed by atoms with Crippen LogP contribution in [0.5, 0.6) is 0 Å². The third-order valence-electron chi connectivity index (χ3n) is 6.98. The highest BCUT2D eigenvalue weighted by Crippen LogP contribution is 2.58. The van der Waals surface area contributed by atoms with Gasteiger partial charge in [0.05, 0.1) is 0 Å². The minimum absolute atomic E-state index is 0.0533. The van der Waals surface area contributed by atoms with Crippen molar-refractivity contribution in [2.45, 2.75) is 62.8 Å². The number of fused-ring (bicyclic) bond motifs is 3. The minimum atomic E-state index is -0.263. The number of hydrogen-bond acceptors (Lipinski definition) is 4. The van der Waals surface area contributed by atoms with Gasteiger partial charge < -0.3 is 10.1 Å². The second-order valence-corrected chi connectivity index (χ2v) is 9.16. The molecule has 1 atom stereocenters. The Morgan fingerprint density at radius 2 is 1.73 bits per heavy atom. The molecule has 1 saturated heterocycles. The summed E-state index contributed by atoms with van der Waals surface area (Å²) in [7, 11) is 0. The van der Waals surface area contributed by atoms with Crippen LogP contribution in [0.4, 0.5) is 0 Å². The molecular formula is C21H26BrNO3. The predicted molar refractivity (Wildman–Crippen MR) is 103 cm³/mol. The number of esters is 1. The summed E-state index contributed by atoms with van der Waals surface area (Å²) in [5.74, 6) is -0.129. The first-order valence-electron chi connectivity index (χ1n) is 9.73. The molecule has 140 valence electrons. The second kappa shape index (κ2) is 7.08. The van der Waals surface area contributed by atoms with Gasteiger partial charge in [0, 0.05) is 9.89 Å². The molecule has 26 heavy (non-hydrogen) atoms. The van der Waals surface area contributed by atoms with E-state index < -0.39 is 0 Å². The first kappa shape index (κ1) is 18.2. The zero-order valence-corrected chi connectivity index (χ0v) is 16.6. The van der Waals surface area contributed by atoms with Crippen LogP contribution < -0.4 is 5.32 Å². The van der Waals surface area contributed by atoms with E-state index >= 15 is 0 Å². The molecule has 1 aliphatic heterocycles. The van der Waals surface area contributed by atoms with Crippen LogP contribution in [0.3, 0.4) is 0 Å². The van der Waals surface area contributed by atoms with Gasteiger partial charge in [0.15, 0.2) is 12.4 Å². The van der Waals surface area contributed by atoms with Crippen molar-refractivity contribution < 1.29 is 14.3 Å². The number of hydrogen-bond donors (Lipinski definition) is 1. The lowest BCUT2D eigenvalue weighted by Gasteiger charge is -2.53. The molecule has 1 heterocycles. The van der Waals surface area contributed by atoms with E-state index in [1.54, 1.807) is 0 Å². The van der Waals surface area contributed by atoms with E-state index in [9.17, 15) is 9.59 Å². The third kappa shape index (κ3) is 3.24. The maximum Gasteiger partial charge on any atom is 0.323 e. The molecule has 4 fully saturated rings. The third-order valence-corrected chi connectivity index (χ3v) is 7.51. The number of Topliss-reactive ketones (excluding diaryl/α,β-unsaturated/α-hetero) is 1. The molecule has 4 nitrogen and oxygen atoms in total. The maximum atomic E-state index is 12.9.